The van der Waals surface area contributed by atoms with E-state index in [2.05, 4.69) is 10.4 Å². The van der Waals surface area contributed by atoms with Crippen molar-refractivity contribution < 1.29 is 13.6 Å². The van der Waals surface area contributed by atoms with Gasteiger partial charge in [-0.1, -0.05) is 0 Å². The molecule has 0 spiro atoms. The number of carbonyl (C=O) groups is 1. The number of hydrogen-bond donors (Lipinski definition) is 1. The third-order valence-electron chi connectivity index (χ3n) is 3.32. The molecule has 0 unspecified atom stereocenters. The number of anilines is 2. The highest BCUT2D eigenvalue weighted by molar-refractivity contribution is 6.01. The van der Waals surface area contributed by atoms with Crippen LogP contribution in [0.5, 0.6) is 0 Å². The number of halogens is 2. The zero-order valence-electron chi connectivity index (χ0n) is 11.4. The van der Waals surface area contributed by atoms with Crippen molar-refractivity contribution >= 4 is 17.5 Å². The van der Waals surface area contributed by atoms with Crippen molar-refractivity contribution in [3.05, 3.63) is 41.6 Å². The highest BCUT2D eigenvalue weighted by atomic mass is 19.1. The number of aromatic nitrogens is 2. The van der Waals surface area contributed by atoms with E-state index in [9.17, 15) is 13.6 Å². The monoisotopic (exact) mass is 292 g/mol. The molecule has 7 heteroatoms. The summed E-state index contributed by atoms with van der Waals surface area (Å²) in [5.41, 5.74) is 0.634. The minimum absolute atomic E-state index is 0.173. The molecular weight excluding hydrogens is 278 g/mol. The van der Waals surface area contributed by atoms with Gasteiger partial charge in [0.1, 0.15) is 17.5 Å². The number of benzene rings is 1. The van der Waals surface area contributed by atoms with Gasteiger partial charge in [-0.25, -0.2) is 18.3 Å². The maximum atomic E-state index is 13.6. The summed E-state index contributed by atoms with van der Waals surface area (Å²) in [4.78, 5) is 13.8. The van der Waals surface area contributed by atoms with E-state index in [1.165, 1.54) is 4.90 Å². The molecule has 1 aromatic heterocycles. The lowest BCUT2D eigenvalue weighted by molar-refractivity contribution is 0.255. The Kier molecular flexibility index (Phi) is 3.32. The molecule has 1 aliphatic heterocycles. The van der Waals surface area contributed by atoms with Crippen LogP contribution in [-0.4, -0.2) is 22.4 Å². The molecule has 0 saturated heterocycles. The predicted molar refractivity (Wildman–Crippen MR) is 74.3 cm³/mol. The minimum Gasteiger partial charge on any atom is -0.305 e. The number of fused-ring (bicyclic) bond motifs is 1. The maximum absolute atomic E-state index is 13.6. The zero-order chi connectivity index (χ0) is 15.0. The number of amides is 2. The van der Waals surface area contributed by atoms with Gasteiger partial charge >= 0.3 is 6.03 Å². The second-order valence-corrected chi connectivity index (χ2v) is 4.93. The Hall–Kier alpha value is -2.44. The summed E-state index contributed by atoms with van der Waals surface area (Å²) >= 11 is 0. The minimum atomic E-state index is -0.675. The Balaban J connectivity index is 1.85. The molecule has 5 nitrogen and oxygen atoms in total. The van der Waals surface area contributed by atoms with Crippen LogP contribution < -0.4 is 10.2 Å². The molecular formula is C14H14F2N4O. The standard InChI is InChI=1S/C14H14F2N4O/c1-9-7-13-19(5-2-6-20(13)18-9)14(21)17-12-8-10(15)3-4-11(12)16/h3-4,7-8H,2,5-6H2,1H3,(H,17,21). The van der Waals surface area contributed by atoms with Crippen molar-refractivity contribution in [2.75, 3.05) is 16.8 Å². The van der Waals surface area contributed by atoms with Gasteiger partial charge in [0.25, 0.3) is 0 Å². The first kappa shape index (κ1) is 13.5. The zero-order valence-corrected chi connectivity index (χ0v) is 11.4. The van der Waals surface area contributed by atoms with Gasteiger partial charge in [0, 0.05) is 25.2 Å². The number of urea groups is 1. The second-order valence-electron chi connectivity index (χ2n) is 4.93. The van der Waals surface area contributed by atoms with Gasteiger partial charge in [-0.3, -0.25) is 4.90 Å². The Morgan fingerprint density at radius 3 is 2.90 bits per heavy atom. The maximum Gasteiger partial charge on any atom is 0.327 e. The fourth-order valence-electron chi connectivity index (χ4n) is 2.39. The largest absolute Gasteiger partial charge is 0.327 e. The Bertz CT molecular complexity index is 698. The lowest BCUT2D eigenvalue weighted by atomic mass is 10.3. The number of nitrogens with zero attached hydrogens (tertiary/aromatic N) is 3. The summed E-state index contributed by atoms with van der Waals surface area (Å²) < 4.78 is 28.5. The van der Waals surface area contributed by atoms with Crippen molar-refractivity contribution in [2.24, 2.45) is 0 Å². The van der Waals surface area contributed by atoms with E-state index in [1.807, 2.05) is 6.92 Å². The fourth-order valence-corrected chi connectivity index (χ4v) is 2.39. The molecule has 0 fully saturated rings. The van der Waals surface area contributed by atoms with Gasteiger partial charge in [0.15, 0.2) is 0 Å². The number of rotatable bonds is 1. The smallest absolute Gasteiger partial charge is 0.305 e. The summed E-state index contributed by atoms with van der Waals surface area (Å²) in [6.45, 7) is 3.09. The predicted octanol–water partition coefficient (Wildman–Crippen LogP) is 2.91. The van der Waals surface area contributed by atoms with Crippen LogP contribution in [0, 0.1) is 18.6 Å². The van der Waals surface area contributed by atoms with Crippen LogP contribution in [0.4, 0.5) is 25.1 Å². The molecule has 1 N–H and O–H groups in total. The SMILES string of the molecule is Cc1cc2n(n1)CCCN2C(=O)Nc1cc(F)ccc1F. The summed E-state index contributed by atoms with van der Waals surface area (Å²) in [6, 6.07) is 4.24. The van der Waals surface area contributed by atoms with E-state index < -0.39 is 17.7 Å². The van der Waals surface area contributed by atoms with Crippen LogP contribution in [0.2, 0.25) is 0 Å². The summed E-state index contributed by atoms with van der Waals surface area (Å²) in [5.74, 6) is -0.620. The van der Waals surface area contributed by atoms with E-state index in [-0.39, 0.29) is 5.69 Å². The van der Waals surface area contributed by atoms with Crippen molar-refractivity contribution in [3.63, 3.8) is 0 Å². The lowest BCUT2D eigenvalue weighted by Gasteiger charge is -2.27. The van der Waals surface area contributed by atoms with E-state index in [4.69, 9.17) is 0 Å². The summed E-state index contributed by atoms with van der Waals surface area (Å²) in [5, 5.41) is 6.69. The number of nitrogens with one attached hydrogen (secondary N) is 1. The van der Waals surface area contributed by atoms with E-state index in [0.717, 1.165) is 36.9 Å². The molecule has 1 aliphatic rings. The van der Waals surface area contributed by atoms with Gasteiger partial charge in [-0.05, 0) is 25.5 Å². The molecule has 0 atom stereocenters. The van der Waals surface area contributed by atoms with Crippen molar-refractivity contribution in [1.82, 2.24) is 9.78 Å². The molecule has 0 radical (unpaired) electrons. The molecule has 110 valence electrons. The van der Waals surface area contributed by atoms with Crippen molar-refractivity contribution in [1.29, 1.82) is 0 Å². The summed E-state index contributed by atoms with van der Waals surface area (Å²) in [6.07, 6.45) is 0.757. The van der Waals surface area contributed by atoms with E-state index in [1.54, 1.807) is 10.7 Å². The van der Waals surface area contributed by atoms with Gasteiger partial charge in [-0.15, -0.1) is 0 Å². The van der Waals surface area contributed by atoms with Gasteiger partial charge in [0.2, 0.25) is 0 Å². The normalized spacial score (nSPS) is 14.0. The quantitative estimate of drug-likeness (QED) is 0.878. The average molecular weight is 292 g/mol. The Morgan fingerprint density at radius 2 is 2.10 bits per heavy atom. The molecule has 21 heavy (non-hydrogen) atoms. The first-order chi connectivity index (χ1) is 10.0. The lowest BCUT2D eigenvalue weighted by Crippen LogP contribution is -2.40. The van der Waals surface area contributed by atoms with Crippen molar-refractivity contribution in [2.45, 2.75) is 19.9 Å². The topological polar surface area (TPSA) is 50.2 Å². The molecule has 0 bridgehead atoms. The van der Waals surface area contributed by atoms with Crippen LogP contribution in [0.1, 0.15) is 12.1 Å². The molecule has 2 heterocycles. The van der Waals surface area contributed by atoms with Crippen LogP contribution in [0.15, 0.2) is 24.3 Å². The van der Waals surface area contributed by atoms with E-state index >= 15 is 0 Å². The molecule has 1 aromatic carbocycles. The first-order valence-corrected chi connectivity index (χ1v) is 6.62. The van der Waals surface area contributed by atoms with Crippen LogP contribution in [0.25, 0.3) is 0 Å². The van der Waals surface area contributed by atoms with Gasteiger partial charge in [0.05, 0.1) is 11.4 Å². The molecule has 2 amide bonds. The second kappa shape index (κ2) is 5.16. The van der Waals surface area contributed by atoms with Gasteiger partial charge in [-0.2, -0.15) is 5.10 Å². The fraction of sp³-hybridized carbons (Fsp3) is 0.286. The Labute approximate surface area is 120 Å². The molecule has 3 rings (SSSR count). The number of aryl methyl sites for hydroxylation is 2. The summed E-state index contributed by atoms with van der Waals surface area (Å²) in [7, 11) is 0. The van der Waals surface area contributed by atoms with E-state index in [0.29, 0.717) is 12.4 Å². The number of carbonyl (C=O) groups excluding carboxylic acids is 1. The third-order valence-corrected chi connectivity index (χ3v) is 3.32. The highest BCUT2D eigenvalue weighted by Gasteiger charge is 2.24. The van der Waals surface area contributed by atoms with Gasteiger partial charge < -0.3 is 5.32 Å². The molecule has 0 saturated carbocycles. The van der Waals surface area contributed by atoms with Crippen LogP contribution in [-0.2, 0) is 6.54 Å². The van der Waals surface area contributed by atoms with Crippen LogP contribution in [0.3, 0.4) is 0 Å². The molecule has 2 aromatic rings. The first-order valence-electron chi connectivity index (χ1n) is 6.62. The number of hydrogen-bond acceptors (Lipinski definition) is 2. The Morgan fingerprint density at radius 1 is 1.29 bits per heavy atom. The van der Waals surface area contributed by atoms with Crippen molar-refractivity contribution in [3.8, 4) is 0 Å². The highest BCUT2D eigenvalue weighted by Crippen LogP contribution is 2.23. The third kappa shape index (κ3) is 2.58. The molecule has 0 aliphatic carbocycles. The average Bonchev–Trinajstić information content (AvgIpc) is 2.82. The van der Waals surface area contributed by atoms with Crippen LogP contribution >= 0.6 is 0 Å².